The van der Waals surface area contributed by atoms with E-state index >= 15 is 0 Å². The van der Waals surface area contributed by atoms with Crippen molar-refractivity contribution in [3.63, 3.8) is 0 Å². The fourth-order valence-corrected chi connectivity index (χ4v) is 5.19. The SMILES string of the molecule is CCCn1c(=O)n(-c2ccc(C)cc2)c(=O)c2c3c(sc21)CN(C(C)=O)CC3. The Bertz CT molecular complexity index is 1180. The molecule has 1 aliphatic rings. The second-order valence-electron chi connectivity index (χ2n) is 7.28. The second-order valence-corrected chi connectivity index (χ2v) is 8.37. The molecule has 0 radical (unpaired) electrons. The zero-order valence-corrected chi connectivity index (χ0v) is 17.1. The summed E-state index contributed by atoms with van der Waals surface area (Å²) in [6, 6.07) is 7.44. The zero-order valence-electron chi connectivity index (χ0n) is 16.3. The van der Waals surface area contributed by atoms with Crippen LogP contribution in [-0.4, -0.2) is 26.5 Å². The van der Waals surface area contributed by atoms with Crippen LogP contribution in [0.15, 0.2) is 33.9 Å². The van der Waals surface area contributed by atoms with Gasteiger partial charge in [0.25, 0.3) is 5.56 Å². The highest BCUT2D eigenvalue weighted by Gasteiger charge is 2.27. The molecule has 0 bridgehead atoms. The van der Waals surface area contributed by atoms with Crippen LogP contribution in [0, 0.1) is 6.92 Å². The molecule has 4 rings (SSSR count). The molecular weight excluding hydrogens is 374 g/mol. The van der Waals surface area contributed by atoms with Gasteiger partial charge >= 0.3 is 5.69 Å². The van der Waals surface area contributed by atoms with Crippen LogP contribution in [0.2, 0.25) is 0 Å². The Morgan fingerprint density at radius 3 is 2.54 bits per heavy atom. The number of rotatable bonds is 3. The number of benzene rings is 1. The van der Waals surface area contributed by atoms with Crippen molar-refractivity contribution in [2.45, 2.75) is 46.7 Å². The Labute approximate surface area is 166 Å². The molecule has 0 unspecified atom stereocenters. The van der Waals surface area contributed by atoms with E-state index in [1.807, 2.05) is 38.1 Å². The maximum Gasteiger partial charge on any atom is 0.336 e. The van der Waals surface area contributed by atoms with E-state index in [-0.39, 0.29) is 17.2 Å². The smallest absolute Gasteiger partial charge is 0.336 e. The van der Waals surface area contributed by atoms with Crippen LogP contribution in [0.3, 0.4) is 0 Å². The average Bonchev–Trinajstić information content (AvgIpc) is 3.05. The first kappa shape index (κ1) is 18.7. The van der Waals surface area contributed by atoms with E-state index in [0.29, 0.717) is 37.1 Å². The van der Waals surface area contributed by atoms with Crippen molar-refractivity contribution in [1.29, 1.82) is 0 Å². The summed E-state index contributed by atoms with van der Waals surface area (Å²) in [4.78, 5) is 42.0. The van der Waals surface area contributed by atoms with Gasteiger partial charge in [-0.15, -0.1) is 11.3 Å². The van der Waals surface area contributed by atoms with Gasteiger partial charge in [0.1, 0.15) is 4.83 Å². The molecule has 0 atom stereocenters. The van der Waals surface area contributed by atoms with Crippen LogP contribution in [0.5, 0.6) is 0 Å². The van der Waals surface area contributed by atoms with E-state index in [0.717, 1.165) is 27.3 Å². The molecule has 6 nitrogen and oxygen atoms in total. The van der Waals surface area contributed by atoms with Gasteiger partial charge < -0.3 is 4.90 Å². The molecule has 0 spiro atoms. The largest absolute Gasteiger partial charge is 0.337 e. The third-order valence-corrected chi connectivity index (χ3v) is 6.55. The maximum absolute atomic E-state index is 13.4. The molecule has 1 amide bonds. The van der Waals surface area contributed by atoms with Crippen molar-refractivity contribution in [3.8, 4) is 5.69 Å². The van der Waals surface area contributed by atoms with E-state index in [9.17, 15) is 14.4 Å². The molecule has 0 N–H and O–H groups in total. The van der Waals surface area contributed by atoms with E-state index < -0.39 is 0 Å². The molecule has 1 aliphatic heterocycles. The molecule has 146 valence electrons. The predicted octanol–water partition coefficient (Wildman–Crippen LogP) is 2.84. The molecule has 0 fully saturated rings. The Morgan fingerprint density at radius 1 is 1.18 bits per heavy atom. The van der Waals surface area contributed by atoms with Crippen molar-refractivity contribution in [2.24, 2.45) is 0 Å². The first-order valence-corrected chi connectivity index (χ1v) is 10.4. The van der Waals surface area contributed by atoms with E-state index in [1.54, 1.807) is 16.4 Å². The van der Waals surface area contributed by atoms with Crippen LogP contribution < -0.4 is 11.2 Å². The lowest BCUT2D eigenvalue weighted by Crippen LogP contribution is -2.39. The summed E-state index contributed by atoms with van der Waals surface area (Å²) in [5.74, 6) is 0.0334. The Hall–Kier alpha value is -2.67. The zero-order chi connectivity index (χ0) is 20.0. The number of aromatic nitrogens is 2. The van der Waals surface area contributed by atoms with Gasteiger partial charge in [-0.25, -0.2) is 9.36 Å². The first-order valence-electron chi connectivity index (χ1n) is 9.55. The highest BCUT2D eigenvalue weighted by molar-refractivity contribution is 7.18. The fraction of sp³-hybridized carbons (Fsp3) is 0.381. The number of nitrogens with zero attached hydrogens (tertiary/aromatic N) is 3. The predicted molar refractivity (Wildman–Crippen MR) is 112 cm³/mol. The summed E-state index contributed by atoms with van der Waals surface area (Å²) in [5, 5.41) is 0.636. The van der Waals surface area contributed by atoms with Gasteiger partial charge in [0.15, 0.2) is 0 Å². The van der Waals surface area contributed by atoms with Crippen LogP contribution in [-0.2, 0) is 24.3 Å². The van der Waals surface area contributed by atoms with Gasteiger partial charge in [0.05, 0.1) is 17.6 Å². The number of fused-ring (bicyclic) bond motifs is 3. The summed E-state index contributed by atoms with van der Waals surface area (Å²) in [5.41, 5.74) is 2.10. The summed E-state index contributed by atoms with van der Waals surface area (Å²) in [6.07, 6.45) is 1.44. The molecule has 3 aromatic rings. The number of carbonyl (C=O) groups is 1. The normalized spacial score (nSPS) is 13.8. The lowest BCUT2D eigenvalue weighted by molar-refractivity contribution is -0.129. The number of carbonyl (C=O) groups excluding carboxylic acids is 1. The monoisotopic (exact) mass is 397 g/mol. The summed E-state index contributed by atoms with van der Waals surface area (Å²) >= 11 is 1.48. The quantitative estimate of drug-likeness (QED) is 0.683. The van der Waals surface area contributed by atoms with Crippen molar-refractivity contribution < 1.29 is 4.79 Å². The Morgan fingerprint density at radius 2 is 1.89 bits per heavy atom. The summed E-state index contributed by atoms with van der Waals surface area (Å²) < 4.78 is 3.01. The average molecular weight is 398 g/mol. The highest BCUT2D eigenvalue weighted by Crippen LogP contribution is 2.33. The highest BCUT2D eigenvalue weighted by atomic mass is 32.1. The minimum absolute atomic E-state index is 0.0334. The maximum atomic E-state index is 13.4. The van der Waals surface area contributed by atoms with Gasteiger partial charge in [0, 0.05) is 24.9 Å². The van der Waals surface area contributed by atoms with Gasteiger partial charge in [0.2, 0.25) is 5.91 Å². The van der Waals surface area contributed by atoms with Crippen LogP contribution in [0.25, 0.3) is 15.9 Å². The Balaban J connectivity index is 2.03. The molecule has 0 aliphatic carbocycles. The van der Waals surface area contributed by atoms with Gasteiger partial charge in [-0.05, 0) is 37.5 Å². The van der Waals surface area contributed by atoms with Gasteiger partial charge in [-0.2, -0.15) is 0 Å². The third kappa shape index (κ3) is 2.90. The van der Waals surface area contributed by atoms with Crippen molar-refractivity contribution >= 4 is 27.5 Å². The number of aryl methyl sites for hydroxylation is 2. The Kier molecular flexibility index (Phi) is 4.71. The van der Waals surface area contributed by atoms with Crippen LogP contribution in [0.1, 0.15) is 36.3 Å². The number of amides is 1. The number of hydrogen-bond acceptors (Lipinski definition) is 4. The van der Waals surface area contributed by atoms with Crippen LogP contribution >= 0.6 is 11.3 Å². The molecular formula is C21H23N3O3S. The number of hydrogen-bond donors (Lipinski definition) is 0. The van der Waals surface area contributed by atoms with Gasteiger partial charge in [-0.1, -0.05) is 24.6 Å². The van der Waals surface area contributed by atoms with E-state index in [4.69, 9.17) is 0 Å². The summed E-state index contributed by atoms with van der Waals surface area (Å²) in [7, 11) is 0. The van der Waals surface area contributed by atoms with Gasteiger partial charge in [-0.3, -0.25) is 14.2 Å². The second kappa shape index (κ2) is 7.05. The fourth-order valence-electron chi connectivity index (χ4n) is 3.82. The lowest BCUT2D eigenvalue weighted by Gasteiger charge is -2.25. The lowest BCUT2D eigenvalue weighted by atomic mass is 10.1. The topological polar surface area (TPSA) is 64.3 Å². The molecule has 2 aromatic heterocycles. The molecule has 0 saturated heterocycles. The standard InChI is InChI=1S/C21H23N3O3S/c1-4-10-23-20-18(16-9-11-22(14(3)25)12-17(16)28-20)19(26)24(21(23)27)15-7-5-13(2)6-8-15/h5-8H,4,9-12H2,1-3H3. The molecule has 7 heteroatoms. The third-order valence-electron chi connectivity index (χ3n) is 5.31. The molecule has 1 aromatic carbocycles. The van der Waals surface area contributed by atoms with Crippen LogP contribution in [0.4, 0.5) is 0 Å². The number of thiophene rings is 1. The van der Waals surface area contributed by atoms with Crippen molar-refractivity contribution in [1.82, 2.24) is 14.0 Å². The van der Waals surface area contributed by atoms with E-state index in [1.165, 1.54) is 15.9 Å². The van der Waals surface area contributed by atoms with Crippen molar-refractivity contribution in [3.05, 3.63) is 61.1 Å². The minimum atomic E-state index is -0.301. The van der Waals surface area contributed by atoms with Crippen molar-refractivity contribution in [2.75, 3.05) is 6.54 Å². The molecule has 0 saturated carbocycles. The first-order chi connectivity index (χ1) is 13.4. The molecule has 28 heavy (non-hydrogen) atoms. The van der Waals surface area contributed by atoms with E-state index in [2.05, 4.69) is 0 Å². The summed E-state index contributed by atoms with van der Waals surface area (Å²) in [6.45, 7) is 7.22. The molecule has 3 heterocycles. The minimum Gasteiger partial charge on any atom is -0.337 e.